The Labute approximate surface area is 278 Å². The molecule has 6 heteroatoms. The Hall–Kier alpha value is -6.01. The molecule has 3 heterocycles. The van der Waals surface area contributed by atoms with Crippen LogP contribution in [0.5, 0.6) is 28.7 Å². The highest BCUT2D eigenvalue weighted by molar-refractivity contribution is 6.14. The molecule has 6 nitrogen and oxygen atoms in total. The van der Waals surface area contributed by atoms with E-state index in [2.05, 4.69) is 48.5 Å². The van der Waals surface area contributed by atoms with Crippen LogP contribution in [0.15, 0.2) is 146 Å². The highest BCUT2D eigenvalue weighted by Gasteiger charge is 2.60. The SMILES string of the molecule is O=C1N(C(c2ccccc2)c2ccccc2)c2cccc(-c3ccc(Oc4ccccc4)cc3)c2C12COc1cc3c(cc12)OCCO3. The summed E-state index contributed by atoms with van der Waals surface area (Å²) < 4.78 is 24.5. The Balaban J connectivity index is 1.25. The monoisotopic (exact) mass is 629 g/mol. The molecule has 0 bridgehead atoms. The lowest BCUT2D eigenvalue weighted by Crippen LogP contribution is -2.44. The summed E-state index contributed by atoms with van der Waals surface area (Å²) in [5.74, 6) is 3.36. The summed E-state index contributed by atoms with van der Waals surface area (Å²) >= 11 is 0. The fourth-order valence-corrected chi connectivity index (χ4v) is 7.37. The van der Waals surface area contributed by atoms with Crippen molar-refractivity contribution in [2.24, 2.45) is 0 Å². The molecule has 234 valence electrons. The third kappa shape index (κ3) is 4.44. The van der Waals surface area contributed by atoms with E-state index in [1.54, 1.807) is 0 Å². The van der Waals surface area contributed by atoms with Gasteiger partial charge < -0.3 is 18.9 Å². The Morgan fingerprint density at radius 2 is 1.21 bits per heavy atom. The maximum Gasteiger partial charge on any atom is 0.246 e. The van der Waals surface area contributed by atoms with Crippen molar-refractivity contribution in [3.05, 3.63) is 168 Å². The molecule has 0 radical (unpaired) electrons. The Bertz CT molecular complexity index is 2090. The van der Waals surface area contributed by atoms with Gasteiger partial charge in [0.1, 0.15) is 42.5 Å². The largest absolute Gasteiger partial charge is 0.491 e. The molecular formula is C42H31NO5. The van der Waals surface area contributed by atoms with Crippen molar-refractivity contribution in [1.82, 2.24) is 0 Å². The second kappa shape index (κ2) is 11.4. The molecule has 1 atom stereocenters. The number of nitrogens with zero attached hydrogens (tertiary/aromatic N) is 1. The van der Waals surface area contributed by atoms with E-state index in [0.717, 1.165) is 50.6 Å². The smallest absolute Gasteiger partial charge is 0.246 e. The molecule has 3 aliphatic rings. The average Bonchev–Trinajstić information content (AvgIpc) is 3.64. The number of carbonyl (C=O) groups excluding carboxylic acids is 1. The van der Waals surface area contributed by atoms with Crippen molar-refractivity contribution < 1.29 is 23.7 Å². The zero-order valence-electron chi connectivity index (χ0n) is 26.0. The number of amides is 1. The van der Waals surface area contributed by atoms with Gasteiger partial charge in [-0.1, -0.05) is 103 Å². The van der Waals surface area contributed by atoms with Crippen LogP contribution < -0.4 is 23.8 Å². The quantitative estimate of drug-likeness (QED) is 0.184. The predicted molar refractivity (Wildman–Crippen MR) is 184 cm³/mol. The molecule has 6 aromatic rings. The van der Waals surface area contributed by atoms with E-state index in [1.165, 1.54) is 0 Å². The molecule has 1 unspecified atom stereocenters. The zero-order chi connectivity index (χ0) is 32.1. The van der Waals surface area contributed by atoms with Crippen molar-refractivity contribution in [3.63, 3.8) is 0 Å². The molecule has 9 rings (SSSR count). The van der Waals surface area contributed by atoms with Gasteiger partial charge in [-0.15, -0.1) is 0 Å². The lowest BCUT2D eigenvalue weighted by Gasteiger charge is -2.31. The number of para-hydroxylation sites is 1. The minimum absolute atomic E-state index is 0.0397. The van der Waals surface area contributed by atoms with Gasteiger partial charge in [-0.3, -0.25) is 9.69 Å². The minimum atomic E-state index is -1.11. The number of benzene rings is 6. The fraction of sp³-hybridized carbons (Fsp3) is 0.119. The summed E-state index contributed by atoms with van der Waals surface area (Å²) in [6.07, 6.45) is 0. The van der Waals surface area contributed by atoms with Crippen LogP contribution in [0.1, 0.15) is 28.3 Å². The first-order chi connectivity index (χ1) is 23.7. The van der Waals surface area contributed by atoms with Gasteiger partial charge in [-0.05, 0) is 58.7 Å². The van der Waals surface area contributed by atoms with E-state index in [4.69, 9.17) is 18.9 Å². The summed E-state index contributed by atoms with van der Waals surface area (Å²) in [6, 6.07) is 47.9. The first kappa shape index (κ1) is 28.2. The molecule has 0 saturated heterocycles. The number of rotatable bonds is 6. The first-order valence-corrected chi connectivity index (χ1v) is 16.2. The topological polar surface area (TPSA) is 57.2 Å². The number of carbonyl (C=O) groups is 1. The van der Waals surface area contributed by atoms with Gasteiger partial charge in [0, 0.05) is 17.2 Å². The highest BCUT2D eigenvalue weighted by Crippen LogP contribution is 2.59. The first-order valence-electron chi connectivity index (χ1n) is 16.2. The molecule has 0 saturated carbocycles. The van der Waals surface area contributed by atoms with E-state index in [9.17, 15) is 0 Å². The van der Waals surface area contributed by atoms with Gasteiger partial charge in [-0.2, -0.15) is 0 Å². The van der Waals surface area contributed by atoms with Gasteiger partial charge in [0.2, 0.25) is 5.91 Å². The second-order valence-corrected chi connectivity index (χ2v) is 12.2. The normalized spacial score (nSPS) is 17.3. The Morgan fingerprint density at radius 3 is 1.88 bits per heavy atom. The van der Waals surface area contributed by atoms with E-state index in [1.807, 2.05) is 102 Å². The zero-order valence-corrected chi connectivity index (χ0v) is 26.0. The Morgan fingerprint density at radius 1 is 0.604 bits per heavy atom. The molecule has 48 heavy (non-hydrogen) atoms. The lowest BCUT2D eigenvalue weighted by molar-refractivity contribution is -0.122. The van der Waals surface area contributed by atoms with E-state index in [0.29, 0.717) is 30.5 Å². The minimum Gasteiger partial charge on any atom is -0.491 e. The van der Waals surface area contributed by atoms with E-state index < -0.39 is 5.41 Å². The van der Waals surface area contributed by atoms with Crippen LogP contribution in [-0.4, -0.2) is 25.7 Å². The van der Waals surface area contributed by atoms with Crippen LogP contribution in [0.25, 0.3) is 11.1 Å². The third-order valence-electron chi connectivity index (χ3n) is 9.49. The fourth-order valence-electron chi connectivity index (χ4n) is 7.37. The van der Waals surface area contributed by atoms with E-state index >= 15 is 4.79 Å². The molecule has 3 aliphatic heterocycles. The molecular weight excluding hydrogens is 598 g/mol. The molecule has 0 aliphatic carbocycles. The standard InChI is InChI=1S/C42H31NO5/c44-41-42(27-47-36-26-38-37(25-34(36)42)45-23-24-46-38)39-33(28-19-21-32(22-20-28)48-31-15-8-3-9-16-31)17-10-18-35(39)43(41)40(29-11-4-1-5-12-29)30-13-6-2-7-14-30/h1-22,25-26,40H,23-24,27H2. The number of fused-ring (bicyclic) bond motifs is 5. The van der Waals surface area contributed by atoms with Crippen molar-refractivity contribution in [2.75, 3.05) is 24.7 Å². The Kier molecular flexibility index (Phi) is 6.68. The summed E-state index contributed by atoms with van der Waals surface area (Å²) in [6.45, 7) is 1.08. The van der Waals surface area contributed by atoms with Crippen LogP contribution in [0.2, 0.25) is 0 Å². The molecule has 0 aromatic heterocycles. The summed E-state index contributed by atoms with van der Waals surface area (Å²) in [7, 11) is 0. The van der Waals surface area contributed by atoms with Crippen LogP contribution in [0, 0.1) is 0 Å². The third-order valence-corrected chi connectivity index (χ3v) is 9.49. The molecule has 1 amide bonds. The number of ether oxygens (including phenoxy) is 4. The summed E-state index contributed by atoms with van der Waals surface area (Å²) in [5.41, 5.74) is 5.42. The van der Waals surface area contributed by atoms with Crippen LogP contribution in [0.3, 0.4) is 0 Å². The van der Waals surface area contributed by atoms with Crippen molar-refractivity contribution in [1.29, 1.82) is 0 Å². The molecule has 0 N–H and O–H groups in total. The van der Waals surface area contributed by atoms with Crippen LogP contribution >= 0.6 is 0 Å². The maximum absolute atomic E-state index is 15.5. The maximum atomic E-state index is 15.5. The van der Waals surface area contributed by atoms with Crippen molar-refractivity contribution in [2.45, 2.75) is 11.5 Å². The summed E-state index contributed by atoms with van der Waals surface area (Å²) in [4.78, 5) is 17.5. The molecule has 1 spiro atoms. The number of hydrogen-bond donors (Lipinski definition) is 0. The number of hydrogen-bond acceptors (Lipinski definition) is 5. The van der Waals surface area contributed by atoms with Crippen molar-refractivity contribution in [3.8, 4) is 39.9 Å². The predicted octanol–water partition coefficient (Wildman–Crippen LogP) is 8.73. The number of anilines is 1. The van der Waals surface area contributed by atoms with Crippen LogP contribution in [0.4, 0.5) is 5.69 Å². The van der Waals surface area contributed by atoms with Gasteiger partial charge in [0.05, 0.1) is 11.7 Å². The lowest BCUT2D eigenvalue weighted by atomic mass is 9.74. The van der Waals surface area contributed by atoms with E-state index in [-0.39, 0.29) is 18.6 Å². The highest BCUT2D eigenvalue weighted by atomic mass is 16.6. The molecule has 6 aromatic carbocycles. The average molecular weight is 630 g/mol. The van der Waals surface area contributed by atoms with Gasteiger partial charge in [0.25, 0.3) is 0 Å². The summed E-state index contributed by atoms with van der Waals surface area (Å²) in [5, 5.41) is 0. The second-order valence-electron chi connectivity index (χ2n) is 12.2. The van der Waals surface area contributed by atoms with Gasteiger partial charge in [-0.25, -0.2) is 0 Å². The van der Waals surface area contributed by atoms with Gasteiger partial charge in [0.15, 0.2) is 11.5 Å². The van der Waals surface area contributed by atoms with Gasteiger partial charge >= 0.3 is 0 Å². The van der Waals surface area contributed by atoms with Crippen molar-refractivity contribution >= 4 is 11.6 Å². The van der Waals surface area contributed by atoms with Crippen LogP contribution in [-0.2, 0) is 10.2 Å². The molecule has 0 fully saturated rings.